The van der Waals surface area contributed by atoms with Crippen molar-refractivity contribution in [2.75, 3.05) is 25.0 Å². The van der Waals surface area contributed by atoms with E-state index in [-0.39, 0.29) is 5.91 Å². The number of aryl methyl sites for hydroxylation is 1. The van der Waals surface area contributed by atoms with Crippen LogP contribution in [0.5, 0.6) is 0 Å². The van der Waals surface area contributed by atoms with Crippen LogP contribution in [-0.2, 0) is 0 Å². The zero-order valence-corrected chi connectivity index (χ0v) is 14.4. The Balaban J connectivity index is 1.96. The van der Waals surface area contributed by atoms with Crippen LogP contribution in [0, 0.1) is 12.8 Å². The lowest BCUT2D eigenvalue weighted by molar-refractivity contribution is 0.0687. The van der Waals surface area contributed by atoms with Gasteiger partial charge in [0.2, 0.25) is 0 Å². The van der Waals surface area contributed by atoms with Gasteiger partial charge < -0.3 is 10.2 Å². The molecule has 6 heteroatoms. The number of anilines is 1. The van der Waals surface area contributed by atoms with Crippen molar-refractivity contribution in [1.82, 2.24) is 14.9 Å². The van der Waals surface area contributed by atoms with Gasteiger partial charge in [0.25, 0.3) is 5.91 Å². The summed E-state index contributed by atoms with van der Waals surface area (Å²) in [6, 6.07) is 0. The summed E-state index contributed by atoms with van der Waals surface area (Å²) in [5, 5.41) is 4.18. The van der Waals surface area contributed by atoms with E-state index < -0.39 is 0 Å². The largest absolute Gasteiger partial charge is 0.366 e. The first kappa shape index (κ1) is 15.9. The molecule has 3 rings (SSSR count). The normalized spacial score (nSPS) is 18.2. The third-order valence-corrected chi connectivity index (χ3v) is 5.47. The van der Waals surface area contributed by atoms with Gasteiger partial charge in [-0.25, -0.2) is 9.97 Å². The van der Waals surface area contributed by atoms with Gasteiger partial charge in [0.15, 0.2) is 0 Å². The van der Waals surface area contributed by atoms with Gasteiger partial charge >= 0.3 is 0 Å². The second-order valence-corrected chi connectivity index (χ2v) is 7.13. The fourth-order valence-electron chi connectivity index (χ4n) is 3.10. The van der Waals surface area contributed by atoms with Crippen LogP contribution in [0.15, 0.2) is 19.0 Å². The van der Waals surface area contributed by atoms with E-state index >= 15 is 0 Å². The van der Waals surface area contributed by atoms with E-state index in [1.807, 2.05) is 11.8 Å². The molecule has 3 heterocycles. The Kier molecular flexibility index (Phi) is 4.61. The average Bonchev–Trinajstić information content (AvgIpc) is 2.90. The van der Waals surface area contributed by atoms with Gasteiger partial charge in [0.05, 0.1) is 10.3 Å². The van der Waals surface area contributed by atoms with Gasteiger partial charge in [-0.1, -0.05) is 13.0 Å². The summed E-state index contributed by atoms with van der Waals surface area (Å²) in [7, 11) is 0. The van der Waals surface area contributed by atoms with Crippen LogP contribution in [0.1, 0.15) is 35.0 Å². The van der Waals surface area contributed by atoms with Crippen molar-refractivity contribution in [3.63, 3.8) is 0 Å². The number of nitrogens with zero attached hydrogens (tertiary/aromatic N) is 3. The first-order valence-electron chi connectivity index (χ1n) is 8.00. The van der Waals surface area contributed by atoms with Gasteiger partial charge in [0.1, 0.15) is 17.0 Å². The van der Waals surface area contributed by atoms with E-state index in [0.29, 0.717) is 12.5 Å². The summed E-state index contributed by atoms with van der Waals surface area (Å²) in [4.78, 5) is 25.2. The summed E-state index contributed by atoms with van der Waals surface area (Å²) < 4.78 is 0. The predicted octanol–water partition coefficient (Wildman–Crippen LogP) is 3.47. The maximum absolute atomic E-state index is 12.9. The van der Waals surface area contributed by atoms with E-state index in [0.717, 1.165) is 46.0 Å². The number of rotatable bonds is 4. The van der Waals surface area contributed by atoms with Gasteiger partial charge in [-0.3, -0.25) is 4.79 Å². The van der Waals surface area contributed by atoms with Crippen LogP contribution in [0.3, 0.4) is 0 Å². The van der Waals surface area contributed by atoms with Crippen molar-refractivity contribution < 1.29 is 4.79 Å². The van der Waals surface area contributed by atoms with E-state index in [1.165, 1.54) is 17.8 Å². The van der Waals surface area contributed by atoms with Crippen LogP contribution in [0.4, 0.5) is 5.82 Å². The topological polar surface area (TPSA) is 58.1 Å². The highest BCUT2D eigenvalue weighted by atomic mass is 32.1. The van der Waals surface area contributed by atoms with Crippen molar-refractivity contribution in [2.24, 2.45) is 5.92 Å². The monoisotopic (exact) mass is 330 g/mol. The van der Waals surface area contributed by atoms with Crippen molar-refractivity contribution in [2.45, 2.75) is 26.7 Å². The number of nitrogens with one attached hydrogen (secondary N) is 1. The Morgan fingerprint density at radius 2 is 2.39 bits per heavy atom. The smallest absolute Gasteiger partial charge is 0.264 e. The lowest BCUT2D eigenvalue weighted by atomic mass is 10.00. The summed E-state index contributed by atoms with van der Waals surface area (Å²) in [5.74, 6) is 1.48. The molecule has 1 atom stereocenters. The molecule has 122 valence electrons. The summed E-state index contributed by atoms with van der Waals surface area (Å²) in [5.41, 5.74) is 0.973. The Morgan fingerprint density at radius 3 is 3.13 bits per heavy atom. The zero-order chi connectivity index (χ0) is 16.4. The number of fused-ring (bicyclic) bond motifs is 1. The van der Waals surface area contributed by atoms with Crippen molar-refractivity contribution in [3.05, 3.63) is 29.4 Å². The molecule has 2 aromatic rings. The second kappa shape index (κ2) is 6.66. The molecule has 23 heavy (non-hydrogen) atoms. The quantitative estimate of drug-likeness (QED) is 0.872. The van der Waals surface area contributed by atoms with Gasteiger partial charge in [-0.2, -0.15) is 0 Å². The second-order valence-electron chi connectivity index (χ2n) is 6.13. The van der Waals surface area contributed by atoms with Crippen molar-refractivity contribution in [1.29, 1.82) is 0 Å². The minimum Gasteiger partial charge on any atom is -0.366 e. The molecule has 0 saturated carbocycles. The van der Waals surface area contributed by atoms with Crippen molar-refractivity contribution in [3.8, 4) is 0 Å². The van der Waals surface area contributed by atoms with E-state index in [9.17, 15) is 4.79 Å². The Hall–Kier alpha value is -1.95. The maximum atomic E-state index is 12.9. The molecule has 2 aromatic heterocycles. The zero-order valence-electron chi connectivity index (χ0n) is 13.6. The molecule has 1 N–H and O–H groups in total. The number of piperidine rings is 1. The summed E-state index contributed by atoms with van der Waals surface area (Å²) in [6.45, 7) is 10.2. The first-order valence-corrected chi connectivity index (χ1v) is 8.81. The minimum atomic E-state index is 0.131. The third-order valence-electron chi connectivity index (χ3n) is 4.28. The molecule has 1 amide bonds. The van der Waals surface area contributed by atoms with Crippen molar-refractivity contribution >= 4 is 33.3 Å². The lowest BCUT2D eigenvalue weighted by Gasteiger charge is -2.30. The number of carbonyl (C=O) groups excluding carboxylic acids is 1. The fraction of sp³-hybridized carbons (Fsp3) is 0.471. The minimum absolute atomic E-state index is 0.131. The number of aromatic nitrogens is 2. The molecule has 1 fully saturated rings. The molecule has 0 aromatic carbocycles. The number of hydrogen-bond acceptors (Lipinski definition) is 5. The maximum Gasteiger partial charge on any atom is 0.264 e. The number of carbonyl (C=O) groups is 1. The predicted molar refractivity (Wildman–Crippen MR) is 95.1 cm³/mol. The van der Waals surface area contributed by atoms with Gasteiger partial charge in [0, 0.05) is 19.6 Å². The van der Waals surface area contributed by atoms with E-state index in [4.69, 9.17) is 0 Å². The molecular formula is C17H22N4OS. The highest BCUT2D eigenvalue weighted by Crippen LogP contribution is 2.34. The molecule has 0 unspecified atom stereocenters. The number of amides is 1. The van der Waals surface area contributed by atoms with E-state index in [1.54, 1.807) is 12.4 Å². The Bertz CT molecular complexity index is 740. The molecule has 0 aliphatic carbocycles. The molecule has 1 aliphatic heterocycles. The highest BCUT2D eigenvalue weighted by molar-refractivity contribution is 7.20. The van der Waals surface area contributed by atoms with Crippen LogP contribution in [-0.4, -0.2) is 40.4 Å². The SMILES string of the molecule is C=CCNc1ncnc2sc(C(=O)N3CCC[C@H](C)C3)c(C)c12. The molecule has 5 nitrogen and oxygen atoms in total. The molecule has 0 spiro atoms. The highest BCUT2D eigenvalue weighted by Gasteiger charge is 2.26. The average molecular weight is 330 g/mol. The molecule has 1 aliphatic rings. The van der Waals surface area contributed by atoms with Gasteiger partial charge in [-0.05, 0) is 31.2 Å². The summed E-state index contributed by atoms with van der Waals surface area (Å²) in [6.07, 6.45) is 5.62. The Labute approximate surface area is 140 Å². The Morgan fingerprint density at radius 1 is 1.57 bits per heavy atom. The molecule has 1 saturated heterocycles. The third kappa shape index (κ3) is 3.08. The lowest BCUT2D eigenvalue weighted by Crippen LogP contribution is -2.38. The summed E-state index contributed by atoms with van der Waals surface area (Å²) >= 11 is 1.47. The van der Waals surface area contributed by atoms with Crippen LogP contribution >= 0.6 is 11.3 Å². The van der Waals surface area contributed by atoms with Gasteiger partial charge in [-0.15, -0.1) is 17.9 Å². The van der Waals surface area contributed by atoms with Crippen LogP contribution in [0.2, 0.25) is 0 Å². The number of thiophene rings is 1. The molecule has 0 bridgehead atoms. The van der Waals surface area contributed by atoms with Crippen LogP contribution < -0.4 is 5.32 Å². The standard InChI is InChI=1S/C17H22N4OS/c1-4-7-18-15-13-12(3)14(23-16(13)20-10-19-15)17(22)21-8-5-6-11(2)9-21/h4,10-11H,1,5-9H2,2-3H3,(H,18,19,20)/t11-/m0/s1. The number of hydrogen-bond donors (Lipinski definition) is 1. The van der Waals surface area contributed by atoms with Crippen LogP contribution in [0.25, 0.3) is 10.2 Å². The fourth-order valence-corrected chi connectivity index (χ4v) is 4.21. The molecule has 0 radical (unpaired) electrons. The number of likely N-dealkylation sites (tertiary alicyclic amines) is 1. The van der Waals surface area contributed by atoms with E-state index in [2.05, 4.69) is 28.8 Å². The first-order chi connectivity index (χ1) is 11.1. The molecular weight excluding hydrogens is 308 g/mol.